The van der Waals surface area contributed by atoms with Gasteiger partial charge in [0.05, 0.1) is 12.6 Å². The lowest BCUT2D eigenvalue weighted by Crippen LogP contribution is -2.48. The van der Waals surface area contributed by atoms with Crippen molar-refractivity contribution in [1.82, 2.24) is 20.3 Å². The van der Waals surface area contributed by atoms with Crippen molar-refractivity contribution >= 4 is 18.2 Å². The number of likely N-dealkylation sites (tertiary alicyclic amines) is 1. The normalized spacial score (nSPS) is 20.4. The Morgan fingerprint density at radius 3 is 2.86 bits per heavy atom. The number of carbonyl (C=O) groups is 3. The number of hydrogen-bond acceptors (Lipinski definition) is 7. The molecule has 0 radical (unpaired) electrons. The van der Waals surface area contributed by atoms with Gasteiger partial charge in [0.15, 0.2) is 0 Å². The quantitative estimate of drug-likeness (QED) is 0.305. The van der Waals surface area contributed by atoms with E-state index in [1.54, 1.807) is 4.90 Å². The highest BCUT2D eigenvalue weighted by molar-refractivity contribution is 5.98. The summed E-state index contributed by atoms with van der Waals surface area (Å²) in [4.78, 5) is 37.3. The molecule has 3 amide bonds. The summed E-state index contributed by atoms with van der Waals surface area (Å²) in [6, 6.07) is -1.38. The van der Waals surface area contributed by atoms with E-state index in [9.17, 15) is 29.2 Å². The summed E-state index contributed by atoms with van der Waals surface area (Å²) in [5.74, 6) is -1.32. The molecule has 0 aromatic heterocycles. The first-order chi connectivity index (χ1) is 13.4. The number of unbranched alkanes of at least 4 members (excludes halogenated alkanes) is 1. The number of halogens is 1. The van der Waals surface area contributed by atoms with Gasteiger partial charge in [-0.2, -0.15) is 0 Å². The first-order valence-electron chi connectivity index (χ1n) is 9.43. The Hall–Kier alpha value is -2.46. The third kappa shape index (κ3) is 5.52. The Morgan fingerprint density at radius 1 is 1.46 bits per heavy atom. The number of nitrogens with one attached hydrogen (secondary N) is 1. The van der Waals surface area contributed by atoms with E-state index in [0.29, 0.717) is 36.7 Å². The molecule has 2 aliphatic heterocycles. The maximum atomic E-state index is 13.2. The van der Waals surface area contributed by atoms with Crippen molar-refractivity contribution in [3.05, 3.63) is 23.8 Å². The molecule has 0 bridgehead atoms. The molecule has 9 nitrogen and oxygen atoms in total. The Labute approximate surface area is 163 Å². The number of carbonyl (C=O) groups excluding carboxylic acids is 3. The number of hydroxylamine groups is 4. The molecular weight excluding hydrogens is 371 g/mol. The topological polar surface area (TPSA) is 113 Å². The van der Waals surface area contributed by atoms with E-state index in [4.69, 9.17) is 0 Å². The third-order valence-electron chi connectivity index (χ3n) is 4.88. The van der Waals surface area contributed by atoms with Crippen LogP contribution >= 0.6 is 0 Å². The predicted molar refractivity (Wildman–Crippen MR) is 96.3 cm³/mol. The lowest BCUT2D eigenvalue weighted by Gasteiger charge is -2.33. The van der Waals surface area contributed by atoms with E-state index in [-0.39, 0.29) is 19.4 Å². The highest BCUT2D eigenvalue weighted by Crippen LogP contribution is 2.26. The molecule has 0 unspecified atom stereocenters. The molecule has 0 spiro atoms. The Kier molecular flexibility index (Phi) is 7.94. The van der Waals surface area contributed by atoms with Crippen LogP contribution in [0.15, 0.2) is 23.8 Å². The molecule has 28 heavy (non-hydrogen) atoms. The average Bonchev–Trinajstić information content (AvgIpc) is 3.14. The van der Waals surface area contributed by atoms with Crippen molar-refractivity contribution in [2.24, 2.45) is 0 Å². The summed E-state index contributed by atoms with van der Waals surface area (Å²) in [5.41, 5.74) is 0. The van der Waals surface area contributed by atoms with Gasteiger partial charge in [0, 0.05) is 13.0 Å². The van der Waals surface area contributed by atoms with Crippen molar-refractivity contribution in [3.8, 4) is 0 Å². The number of nitrogens with zero attached hydrogens (tertiary/aromatic N) is 3. The predicted octanol–water partition coefficient (Wildman–Crippen LogP) is 1.29. The maximum Gasteiger partial charge on any atom is 0.249 e. The van der Waals surface area contributed by atoms with E-state index < -0.39 is 29.7 Å². The molecule has 0 aromatic rings. The Bertz CT molecular complexity index is 654. The molecule has 0 aromatic carbocycles. The van der Waals surface area contributed by atoms with Gasteiger partial charge in [0.2, 0.25) is 18.2 Å². The molecule has 3 N–H and O–H groups in total. The van der Waals surface area contributed by atoms with Crippen LogP contribution in [0.4, 0.5) is 4.39 Å². The van der Waals surface area contributed by atoms with Gasteiger partial charge in [0.25, 0.3) is 0 Å². The van der Waals surface area contributed by atoms with Crippen LogP contribution in [0, 0.1) is 0 Å². The number of rotatable bonds is 9. The molecule has 2 heterocycles. The fourth-order valence-corrected chi connectivity index (χ4v) is 3.42. The number of hydrogen-bond donors (Lipinski definition) is 3. The van der Waals surface area contributed by atoms with Gasteiger partial charge >= 0.3 is 0 Å². The Morgan fingerprint density at radius 2 is 2.21 bits per heavy atom. The van der Waals surface area contributed by atoms with Gasteiger partial charge in [-0.15, -0.1) is 0 Å². The van der Waals surface area contributed by atoms with Gasteiger partial charge in [-0.3, -0.25) is 30.1 Å². The second-order valence-electron chi connectivity index (χ2n) is 6.95. The second kappa shape index (κ2) is 10.2. The first-order valence-corrected chi connectivity index (χ1v) is 9.43. The van der Waals surface area contributed by atoms with Crippen LogP contribution in [0.1, 0.15) is 45.4 Å². The molecule has 1 fully saturated rings. The van der Waals surface area contributed by atoms with Crippen molar-refractivity contribution in [2.75, 3.05) is 13.1 Å². The monoisotopic (exact) mass is 398 g/mol. The lowest BCUT2D eigenvalue weighted by molar-refractivity contribution is -0.163. The van der Waals surface area contributed by atoms with Crippen LogP contribution in [-0.4, -0.2) is 68.8 Å². The van der Waals surface area contributed by atoms with Gasteiger partial charge in [-0.05, 0) is 31.4 Å². The molecule has 156 valence electrons. The van der Waals surface area contributed by atoms with Gasteiger partial charge in [-0.1, -0.05) is 19.8 Å². The molecule has 2 atom stereocenters. The van der Waals surface area contributed by atoms with Crippen LogP contribution in [0.25, 0.3) is 0 Å². The second-order valence-corrected chi connectivity index (χ2v) is 6.95. The van der Waals surface area contributed by atoms with Crippen molar-refractivity contribution in [1.29, 1.82) is 0 Å². The zero-order valence-electron chi connectivity index (χ0n) is 15.9. The van der Waals surface area contributed by atoms with Crippen LogP contribution < -0.4 is 5.32 Å². The minimum Gasteiger partial charge on any atom is -0.345 e. The van der Waals surface area contributed by atoms with E-state index >= 15 is 0 Å². The highest BCUT2D eigenvalue weighted by atomic mass is 19.1. The highest BCUT2D eigenvalue weighted by Gasteiger charge is 2.35. The van der Waals surface area contributed by atoms with E-state index in [0.717, 1.165) is 17.9 Å². The zero-order chi connectivity index (χ0) is 20.7. The van der Waals surface area contributed by atoms with Crippen LogP contribution in [-0.2, 0) is 14.4 Å². The summed E-state index contributed by atoms with van der Waals surface area (Å²) in [5, 5.41) is 23.1. The smallest absolute Gasteiger partial charge is 0.249 e. The number of amides is 3. The lowest BCUT2D eigenvalue weighted by atomic mass is 10.1. The van der Waals surface area contributed by atoms with Crippen LogP contribution in [0.5, 0.6) is 0 Å². The zero-order valence-corrected chi connectivity index (χ0v) is 15.9. The standard InChI is InChI=1S/C18H27FN4O5/c1-2-3-5-14(23(28)12-24)10-16(25)20-18(26)15-6-4-9-21(15)17-8-7-13(19)11-22(17)27/h7-8,12,14-15,27-28H,2-6,9-11H2,1H3,(H,20,25,26)/t14-,15+/m1/s1. The summed E-state index contributed by atoms with van der Waals surface area (Å²) in [7, 11) is 0. The summed E-state index contributed by atoms with van der Waals surface area (Å²) in [6.07, 6.45) is 5.82. The van der Waals surface area contributed by atoms with Gasteiger partial charge < -0.3 is 4.90 Å². The molecular formula is C18H27FN4O5. The van der Waals surface area contributed by atoms with Crippen molar-refractivity contribution in [2.45, 2.75) is 57.5 Å². The molecule has 2 rings (SSSR count). The summed E-state index contributed by atoms with van der Waals surface area (Å²) >= 11 is 0. The summed E-state index contributed by atoms with van der Waals surface area (Å²) in [6.45, 7) is 2.13. The third-order valence-corrected chi connectivity index (χ3v) is 4.88. The first kappa shape index (κ1) is 21.8. The van der Waals surface area contributed by atoms with Crippen LogP contribution in [0.2, 0.25) is 0 Å². The molecule has 2 aliphatic rings. The van der Waals surface area contributed by atoms with E-state index in [2.05, 4.69) is 5.32 Å². The molecule has 10 heteroatoms. The molecule has 1 saturated heterocycles. The molecule has 0 saturated carbocycles. The van der Waals surface area contributed by atoms with E-state index in [1.165, 1.54) is 12.2 Å². The SMILES string of the molecule is CCCC[C@H](CC(=O)NC(=O)[C@@H]1CCCN1C1=CC=C(F)CN1O)N(O)C=O. The van der Waals surface area contributed by atoms with Crippen molar-refractivity contribution < 1.29 is 29.2 Å². The minimum absolute atomic E-state index is 0.198. The largest absolute Gasteiger partial charge is 0.345 e. The Balaban J connectivity index is 1.98. The number of imide groups is 1. The summed E-state index contributed by atoms with van der Waals surface area (Å²) < 4.78 is 13.2. The fraction of sp³-hybridized carbons (Fsp3) is 0.611. The minimum atomic E-state index is -0.702. The van der Waals surface area contributed by atoms with Crippen LogP contribution in [0.3, 0.4) is 0 Å². The van der Waals surface area contributed by atoms with Gasteiger partial charge in [-0.25, -0.2) is 14.5 Å². The maximum absolute atomic E-state index is 13.2. The van der Waals surface area contributed by atoms with Crippen molar-refractivity contribution in [3.63, 3.8) is 0 Å². The van der Waals surface area contributed by atoms with E-state index in [1.807, 2.05) is 6.92 Å². The number of allylic oxidation sites excluding steroid dienone is 2. The molecule has 0 aliphatic carbocycles. The fourth-order valence-electron chi connectivity index (χ4n) is 3.42. The van der Waals surface area contributed by atoms with Gasteiger partial charge in [0.1, 0.15) is 17.7 Å². The average molecular weight is 398 g/mol.